The van der Waals surface area contributed by atoms with Gasteiger partial charge in [-0.2, -0.15) is 5.26 Å². The van der Waals surface area contributed by atoms with Crippen molar-refractivity contribution in [1.29, 1.82) is 5.26 Å². The van der Waals surface area contributed by atoms with Gasteiger partial charge in [0.25, 0.3) is 0 Å². The summed E-state index contributed by atoms with van der Waals surface area (Å²) in [6, 6.07) is 17.0. The number of nitriles is 1. The van der Waals surface area contributed by atoms with Crippen LogP contribution in [0.1, 0.15) is 5.56 Å². The van der Waals surface area contributed by atoms with Gasteiger partial charge in [-0.05, 0) is 41.8 Å². The van der Waals surface area contributed by atoms with Crippen molar-refractivity contribution >= 4 is 28.0 Å². The number of nitrogens with zero attached hydrogens (tertiary/aromatic N) is 2. The van der Waals surface area contributed by atoms with Crippen LogP contribution >= 0.6 is 0 Å². The van der Waals surface area contributed by atoms with Crippen molar-refractivity contribution < 1.29 is 0 Å². The molecule has 0 amide bonds. The Morgan fingerprint density at radius 3 is 2.85 bits per heavy atom. The van der Waals surface area contributed by atoms with Crippen LogP contribution in [-0.2, 0) is 0 Å². The van der Waals surface area contributed by atoms with Gasteiger partial charge in [-0.3, -0.25) is 0 Å². The molecule has 0 saturated heterocycles. The molecule has 3 rings (SSSR count). The van der Waals surface area contributed by atoms with Crippen LogP contribution in [-0.4, -0.2) is 4.98 Å². The highest BCUT2D eigenvalue weighted by molar-refractivity contribution is 5.95. The summed E-state index contributed by atoms with van der Waals surface area (Å²) in [4.78, 5) is 4.35. The van der Waals surface area contributed by atoms with E-state index in [9.17, 15) is 0 Å². The Hall–Kier alpha value is -3.06. The number of nitrogen functional groups attached to an aromatic ring is 1. The van der Waals surface area contributed by atoms with Gasteiger partial charge in [-0.1, -0.05) is 12.1 Å². The third kappa shape index (κ3) is 2.25. The molecule has 3 N–H and O–H groups in total. The molecular weight excluding hydrogens is 248 g/mol. The number of benzene rings is 2. The highest BCUT2D eigenvalue weighted by Gasteiger charge is 2.04. The Balaban J connectivity index is 2.06. The van der Waals surface area contributed by atoms with Crippen molar-refractivity contribution in [2.75, 3.05) is 11.1 Å². The SMILES string of the molecule is N#Cc1cccc(Nc2nccc3ccc(N)cc23)c1. The lowest BCUT2D eigenvalue weighted by Crippen LogP contribution is -1.95. The van der Waals surface area contributed by atoms with Gasteiger partial charge in [0.05, 0.1) is 11.6 Å². The van der Waals surface area contributed by atoms with Crippen molar-refractivity contribution in [3.05, 3.63) is 60.3 Å². The van der Waals surface area contributed by atoms with Gasteiger partial charge in [-0.15, -0.1) is 0 Å². The molecule has 0 radical (unpaired) electrons. The Morgan fingerprint density at radius 2 is 2.00 bits per heavy atom. The largest absolute Gasteiger partial charge is 0.399 e. The van der Waals surface area contributed by atoms with E-state index in [2.05, 4.69) is 16.4 Å². The maximum atomic E-state index is 8.93. The number of rotatable bonds is 2. The van der Waals surface area contributed by atoms with Crippen LogP contribution in [0.15, 0.2) is 54.7 Å². The lowest BCUT2D eigenvalue weighted by atomic mass is 10.1. The van der Waals surface area contributed by atoms with E-state index in [1.807, 2.05) is 36.4 Å². The Morgan fingerprint density at radius 1 is 1.10 bits per heavy atom. The summed E-state index contributed by atoms with van der Waals surface area (Å²) in [5.74, 6) is 0.727. The Kier molecular flexibility index (Phi) is 2.94. The van der Waals surface area contributed by atoms with Crippen LogP contribution in [0.3, 0.4) is 0 Å². The number of pyridine rings is 1. The number of fused-ring (bicyclic) bond motifs is 1. The molecule has 3 aromatic rings. The average molecular weight is 260 g/mol. The lowest BCUT2D eigenvalue weighted by molar-refractivity contribution is 1.34. The van der Waals surface area contributed by atoms with Crippen LogP contribution in [0.4, 0.5) is 17.2 Å². The van der Waals surface area contributed by atoms with Gasteiger partial charge in [0, 0.05) is 23.0 Å². The summed E-state index contributed by atoms with van der Waals surface area (Å²) in [7, 11) is 0. The number of hydrogen-bond donors (Lipinski definition) is 2. The van der Waals surface area contributed by atoms with Crippen LogP contribution in [0, 0.1) is 11.3 Å². The molecule has 4 nitrogen and oxygen atoms in total. The second-order valence-corrected chi connectivity index (χ2v) is 4.46. The minimum Gasteiger partial charge on any atom is -0.399 e. The molecule has 0 aliphatic carbocycles. The molecule has 0 bridgehead atoms. The van der Waals surface area contributed by atoms with E-state index in [0.29, 0.717) is 11.3 Å². The van der Waals surface area contributed by atoms with Crippen molar-refractivity contribution in [3.63, 3.8) is 0 Å². The molecule has 0 spiro atoms. The molecule has 0 fully saturated rings. The van der Waals surface area contributed by atoms with Crippen molar-refractivity contribution in [2.24, 2.45) is 0 Å². The second-order valence-electron chi connectivity index (χ2n) is 4.46. The van der Waals surface area contributed by atoms with Crippen LogP contribution in [0.25, 0.3) is 10.8 Å². The highest BCUT2D eigenvalue weighted by atomic mass is 15.0. The molecule has 0 aliphatic heterocycles. The first-order valence-corrected chi connectivity index (χ1v) is 6.18. The molecule has 0 atom stereocenters. The van der Waals surface area contributed by atoms with E-state index in [-0.39, 0.29) is 0 Å². The average Bonchev–Trinajstić information content (AvgIpc) is 2.48. The predicted molar refractivity (Wildman–Crippen MR) is 80.6 cm³/mol. The predicted octanol–water partition coefficient (Wildman–Crippen LogP) is 3.43. The quantitative estimate of drug-likeness (QED) is 0.692. The third-order valence-corrected chi connectivity index (χ3v) is 3.04. The molecule has 96 valence electrons. The van der Waals surface area contributed by atoms with Crippen LogP contribution in [0.2, 0.25) is 0 Å². The zero-order valence-corrected chi connectivity index (χ0v) is 10.7. The molecule has 1 aromatic heterocycles. The fourth-order valence-electron chi connectivity index (χ4n) is 2.09. The van der Waals surface area contributed by atoms with E-state index in [0.717, 1.165) is 22.3 Å². The fraction of sp³-hybridized carbons (Fsp3) is 0. The summed E-state index contributed by atoms with van der Waals surface area (Å²) >= 11 is 0. The molecular formula is C16H12N4. The zero-order valence-electron chi connectivity index (χ0n) is 10.7. The Labute approximate surface area is 116 Å². The van der Waals surface area contributed by atoms with Gasteiger partial charge in [0.1, 0.15) is 5.82 Å². The van der Waals surface area contributed by atoms with Gasteiger partial charge in [0.2, 0.25) is 0 Å². The van der Waals surface area contributed by atoms with Crippen molar-refractivity contribution in [2.45, 2.75) is 0 Å². The van der Waals surface area contributed by atoms with E-state index in [1.54, 1.807) is 18.3 Å². The van der Waals surface area contributed by atoms with Gasteiger partial charge < -0.3 is 11.1 Å². The molecule has 0 saturated carbocycles. The number of hydrogen-bond acceptors (Lipinski definition) is 4. The summed E-state index contributed by atoms with van der Waals surface area (Å²) in [5, 5.41) is 14.2. The summed E-state index contributed by atoms with van der Waals surface area (Å²) in [6.45, 7) is 0. The monoisotopic (exact) mass is 260 g/mol. The van der Waals surface area contributed by atoms with Crippen LogP contribution in [0.5, 0.6) is 0 Å². The molecule has 4 heteroatoms. The highest BCUT2D eigenvalue weighted by Crippen LogP contribution is 2.26. The fourth-order valence-corrected chi connectivity index (χ4v) is 2.09. The van der Waals surface area contributed by atoms with E-state index in [4.69, 9.17) is 11.0 Å². The minimum absolute atomic E-state index is 0.606. The number of nitrogens with one attached hydrogen (secondary N) is 1. The summed E-state index contributed by atoms with van der Waals surface area (Å²) in [5.41, 5.74) is 7.96. The number of aromatic nitrogens is 1. The maximum Gasteiger partial charge on any atom is 0.138 e. The molecule has 0 aliphatic rings. The van der Waals surface area contributed by atoms with Crippen molar-refractivity contribution in [1.82, 2.24) is 4.98 Å². The Bertz CT molecular complexity index is 818. The van der Waals surface area contributed by atoms with E-state index >= 15 is 0 Å². The normalized spacial score (nSPS) is 10.2. The molecule has 2 aromatic carbocycles. The van der Waals surface area contributed by atoms with Gasteiger partial charge >= 0.3 is 0 Å². The van der Waals surface area contributed by atoms with Crippen LogP contribution < -0.4 is 11.1 Å². The van der Waals surface area contributed by atoms with Crippen molar-refractivity contribution in [3.8, 4) is 6.07 Å². The standard InChI is InChI=1S/C16H12N4/c17-10-11-2-1-3-14(8-11)20-16-15-9-13(18)5-4-12(15)6-7-19-16/h1-9H,18H2,(H,19,20). The smallest absolute Gasteiger partial charge is 0.138 e. The summed E-state index contributed by atoms with van der Waals surface area (Å²) in [6.07, 6.45) is 1.75. The molecule has 0 unspecified atom stereocenters. The second kappa shape index (κ2) is 4.90. The minimum atomic E-state index is 0.606. The molecule has 1 heterocycles. The first-order chi connectivity index (χ1) is 9.76. The zero-order chi connectivity index (χ0) is 13.9. The topological polar surface area (TPSA) is 74.7 Å². The summed E-state index contributed by atoms with van der Waals surface area (Å²) < 4.78 is 0. The first kappa shape index (κ1) is 12.0. The first-order valence-electron chi connectivity index (χ1n) is 6.18. The van der Waals surface area contributed by atoms with Gasteiger partial charge in [-0.25, -0.2) is 4.98 Å². The third-order valence-electron chi connectivity index (χ3n) is 3.04. The van der Waals surface area contributed by atoms with Gasteiger partial charge in [0.15, 0.2) is 0 Å². The number of nitrogens with two attached hydrogens (primary N) is 1. The number of anilines is 3. The maximum absolute atomic E-state index is 8.93. The molecule has 20 heavy (non-hydrogen) atoms. The van der Waals surface area contributed by atoms with E-state index < -0.39 is 0 Å². The lowest BCUT2D eigenvalue weighted by Gasteiger charge is -2.09. The van der Waals surface area contributed by atoms with E-state index in [1.165, 1.54) is 0 Å².